The van der Waals surface area contributed by atoms with Crippen molar-refractivity contribution in [3.63, 3.8) is 0 Å². The fourth-order valence-corrected chi connectivity index (χ4v) is 3.65. The number of imide groups is 1. The molecule has 0 spiro atoms. The van der Waals surface area contributed by atoms with Crippen LogP contribution in [0.1, 0.15) is 10.4 Å². The molecule has 34 heavy (non-hydrogen) atoms. The van der Waals surface area contributed by atoms with Crippen LogP contribution in [0.4, 0.5) is 21.5 Å². The minimum absolute atomic E-state index is 0.0539. The van der Waals surface area contributed by atoms with Crippen molar-refractivity contribution in [2.45, 2.75) is 0 Å². The molecule has 4 rings (SSSR count). The highest BCUT2D eigenvalue weighted by atomic mass is 35.5. The summed E-state index contributed by atoms with van der Waals surface area (Å²) < 4.78 is 19.0. The first-order valence-corrected chi connectivity index (χ1v) is 10.6. The topological polar surface area (TPSA) is 87.7 Å². The summed E-state index contributed by atoms with van der Waals surface area (Å²) in [4.78, 5) is 39.0. The van der Waals surface area contributed by atoms with Crippen LogP contribution in [0.3, 0.4) is 0 Å². The van der Waals surface area contributed by atoms with Crippen LogP contribution in [0, 0.1) is 5.82 Å². The standard InChI is InChI=1S/C24H16Cl2FN3O4/c1-34-19-11-8-14(25)12-18(19)30-23(32)20(26)21(24(30)33)28-15-9-6-13(7-10-15)22(31)29-17-5-3-2-4-16(17)27/h2-12,28H,1H3,(H,29,31). The summed E-state index contributed by atoms with van der Waals surface area (Å²) >= 11 is 12.2. The number of halogens is 3. The SMILES string of the molecule is COc1ccc(Cl)cc1N1C(=O)C(Cl)=C(Nc2ccc(C(=O)Nc3ccccc3F)cc2)C1=O. The first-order chi connectivity index (χ1) is 16.3. The highest BCUT2D eigenvalue weighted by molar-refractivity contribution is 6.53. The third kappa shape index (κ3) is 4.46. The van der Waals surface area contributed by atoms with Gasteiger partial charge in [0.05, 0.1) is 18.5 Å². The fraction of sp³-hybridized carbons (Fsp3) is 0.0417. The molecule has 3 amide bonds. The number of ether oxygens (including phenoxy) is 1. The molecule has 7 nitrogen and oxygen atoms in total. The van der Waals surface area contributed by atoms with E-state index in [2.05, 4.69) is 10.6 Å². The highest BCUT2D eigenvalue weighted by Crippen LogP contribution is 2.37. The number of carbonyl (C=O) groups is 3. The highest BCUT2D eigenvalue weighted by Gasteiger charge is 2.40. The van der Waals surface area contributed by atoms with Crippen molar-refractivity contribution in [1.29, 1.82) is 0 Å². The Morgan fingerprint density at radius 2 is 1.68 bits per heavy atom. The van der Waals surface area contributed by atoms with Crippen molar-refractivity contribution in [2.24, 2.45) is 0 Å². The lowest BCUT2D eigenvalue weighted by Crippen LogP contribution is -2.32. The Morgan fingerprint density at radius 3 is 2.35 bits per heavy atom. The first kappa shape index (κ1) is 23.3. The zero-order valence-electron chi connectivity index (χ0n) is 17.6. The summed E-state index contributed by atoms with van der Waals surface area (Å²) in [6.07, 6.45) is 0. The molecule has 3 aromatic rings. The van der Waals surface area contributed by atoms with E-state index >= 15 is 0 Å². The lowest BCUT2D eigenvalue weighted by Gasteiger charge is -2.18. The zero-order valence-corrected chi connectivity index (χ0v) is 19.1. The van der Waals surface area contributed by atoms with Gasteiger partial charge >= 0.3 is 0 Å². The Balaban J connectivity index is 1.52. The summed E-state index contributed by atoms with van der Waals surface area (Å²) in [5.74, 6) is -2.24. The second-order valence-corrected chi connectivity index (χ2v) is 7.90. The van der Waals surface area contributed by atoms with Crippen LogP contribution >= 0.6 is 23.2 Å². The molecule has 0 aromatic heterocycles. The Morgan fingerprint density at radius 1 is 0.971 bits per heavy atom. The van der Waals surface area contributed by atoms with Gasteiger partial charge in [-0.1, -0.05) is 35.3 Å². The maximum absolute atomic E-state index is 13.8. The van der Waals surface area contributed by atoms with Gasteiger partial charge in [-0.25, -0.2) is 9.29 Å². The number of hydrogen-bond acceptors (Lipinski definition) is 5. The van der Waals surface area contributed by atoms with E-state index in [0.29, 0.717) is 10.7 Å². The van der Waals surface area contributed by atoms with E-state index in [4.69, 9.17) is 27.9 Å². The van der Waals surface area contributed by atoms with Gasteiger partial charge in [0.15, 0.2) is 0 Å². The van der Waals surface area contributed by atoms with E-state index in [1.807, 2.05) is 0 Å². The smallest absolute Gasteiger partial charge is 0.283 e. The lowest BCUT2D eigenvalue weighted by atomic mass is 10.2. The molecule has 10 heteroatoms. The van der Waals surface area contributed by atoms with Gasteiger partial charge in [0.2, 0.25) is 0 Å². The van der Waals surface area contributed by atoms with Gasteiger partial charge in [-0.2, -0.15) is 0 Å². The monoisotopic (exact) mass is 499 g/mol. The molecular formula is C24H16Cl2FN3O4. The summed E-state index contributed by atoms with van der Waals surface area (Å²) in [7, 11) is 1.40. The van der Waals surface area contributed by atoms with E-state index in [0.717, 1.165) is 4.90 Å². The number of methoxy groups -OCH3 is 1. The number of rotatable bonds is 6. The molecule has 1 aliphatic rings. The van der Waals surface area contributed by atoms with Crippen LogP contribution in [0.25, 0.3) is 0 Å². The Kier molecular flexibility index (Phi) is 6.54. The van der Waals surface area contributed by atoms with Gasteiger partial charge in [-0.3, -0.25) is 14.4 Å². The fourth-order valence-electron chi connectivity index (χ4n) is 3.27. The minimum Gasteiger partial charge on any atom is -0.495 e. The number of nitrogens with zero attached hydrogens (tertiary/aromatic N) is 1. The second kappa shape index (κ2) is 9.54. The van der Waals surface area contributed by atoms with Crippen molar-refractivity contribution in [2.75, 3.05) is 22.6 Å². The van der Waals surface area contributed by atoms with E-state index in [1.165, 1.54) is 61.7 Å². The maximum atomic E-state index is 13.8. The van der Waals surface area contributed by atoms with Crippen LogP contribution in [-0.4, -0.2) is 24.8 Å². The molecule has 0 unspecified atom stereocenters. The average molecular weight is 500 g/mol. The Labute approximate surface area is 203 Å². The number of para-hydroxylation sites is 1. The molecule has 3 aromatic carbocycles. The Bertz CT molecular complexity index is 1340. The van der Waals surface area contributed by atoms with Crippen molar-refractivity contribution < 1.29 is 23.5 Å². The molecule has 0 saturated heterocycles. The van der Waals surface area contributed by atoms with Crippen molar-refractivity contribution >= 4 is 58.0 Å². The van der Waals surface area contributed by atoms with E-state index < -0.39 is 23.5 Å². The van der Waals surface area contributed by atoms with E-state index in [1.54, 1.807) is 12.1 Å². The summed E-state index contributed by atoms with van der Waals surface area (Å²) in [5, 5.41) is 5.30. The molecule has 0 aliphatic carbocycles. The van der Waals surface area contributed by atoms with Gasteiger partial charge in [0, 0.05) is 16.3 Å². The van der Waals surface area contributed by atoms with Crippen LogP contribution in [0.2, 0.25) is 5.02 Å². The van der Waals surface area contributed by atoms with Crippen LogP contribution in [0.5, 0.6) is 5.75 Å². The number of nitrogens with one attached hydrogen (secondary N) is 2. The molecule has 2 N–H and O–H groups in total. The Hall–Kier alpha value is -3.88. The van der Waals surface area contributed by atoms with E-state index in [9.17, 15) is 18.8 Å². The summed E-state index contributed by atoms with van der Waals surface area (Å²) in [6, 6.07) is 16.3. The molecule has 1 heterocycles. The predicted molar refractivity (Wildman–Crippen MR) is 128 cm³/mol. The molecule has 0 radical (unpaired) electrons. The third-order valence-corrected chi connectivity index (χ3v) is 5.53. The van der Waals surface area contributed by atoms with Crippen LogP contribution < -0.4 is 20.3 Å². The van der Waals surface area contributed by atoms with Crippen LogP contribution in [0.15, 0.2) is 77.5 Å². The molecule has 172 valence electrons. The summed E-state index contributed by atoms with van der Waals surface area (Å²) in [5.41, 5.74) is 0.722. The van der Waals surface area contributed by atoms with Gasteiger partial charge < -0.3 is 15.4 Å². The van der Waals surface area contributed by atoms with Crippen molar-refractivity contribution in [3.05, 3.63) is 93.9 Å². The molecule has 0 saturated carbocycles. The predicted octanol–water partition coefficient (Wildman–Crippen LogP) is 5.18. The van der Waals surface area contributed by atoms with Gasteiger partial charge in [0.1, 0.15) is 22.3 Å². The molecule has 1 aliphatic heterocycles. The molecule has 0 bridgehead atoms. The number of carbonyl (C=O) groups excluding carboxylic acids is 3. The molecular weight excluding hydrogens is 484 g/mol. The maximum Gasteiger partial charge on any atom is 0.283 e. The van der Waals surface area contributed by atoms with Gasteiger partial charge in [-0.05, 0) is 54.6 Å². The van der Waals surface area contributed by atoms with Crippen LogP contribution in [-0.2, 0) is 9.59 Å². The number of benzene rings is 3. The third-order valence-electron chi connectivity index (χ3n) is 4.95. The van der Waals surface area contributed by atoms with Crippen molar-refractivity contribution in [1.82, 2.24) is 0 Å². The molecule has 0 fully saturated rings. The second-order valence-electron chi connectivity index (χ2n) is 7.09. The van der Waals surface area contributed by atoms with Gasteiger partial charge in [-0.15, -0.1) is 0 Å². The van der Waals surface area contributed by atoms with E-state index in [-0.39, 0.29) is 33.4 Å². The number of hydrogen-bond donors (Lipinski definition) is 2. The first-order valence-electron chi connectivity index (χ1n) is 9.85. The largest absolute Gasteiger partial charge is 0.495 e. The summed E-state index contributed by atoms with van der Waals surface area (Å²) in [6.45, 7) is 0. The molecule has 0 atom stereocenters. The van der Waals surface area contributed by atoms with Gasteiger partial charge in [0.25, 0.3) is 17.7 Å². The minimum atomic E-state index is -0.740. The average Bonchev–Trinajstić information content (AvgIpc) is 3.04. The number of amides is 3. The zero-order chi connectivity index (χ0) is 24.4. The lowest BCUT2D eigenvalue weighted by molar-refractivity contribution is -0.120. The number of anilines is 3. The quantitative estimate of drug-likeness (QED) is 0.456. The van der Waals surface area contributed by atoms with Crippen molar-refractivity contribution in [3.8, 4) is 5.75 Å². The normalized spacial score (nSPS) is 13.4.